The number of amides is 1. The van der Waals surface area contributed by atoms with Crippen LogP contribution < -0.4 is 26.7 Å². The normalized spacial score (nSPS) is 13.8. The molecule has 0 saturated carbocycles. The second kappa shape index (κ2) is 43.7. The summed E-state index contributed by atoms with van der Waals surface area (Å²) in [5.74, 6) is 4.16. The van der Waals surface area contributed by atoms with Crippen molar-refractivity contribution in [2.24, 2.45) is 9.98 Å². The highest BCUT2D eigenvalue weighted by molar-refractivity contribution is 6.10. The standard InChI is InChI=1S/C26H23N3O3.C24H25N3O2.C23H14N2O3.C21H16FN3O2.C20H20N2O2/c1-17-6-8-18(9-7-17)12-13-27-26(30)19-10-11-20-21(16-19)29-25(23-5-3-15-32-23)24(28-20)22-4-2-14-31-22;1-15-10-12-25-21(13-15)27-22(17(3)14-16(2)18(4)29-5)20-9-8-19-7-6-11-26-23(19)24(20)28;26-23(15-6-2-1-3-7-15)16-10-11-17-18(14-16)25-22(20-9-5-13-28-20)21(24-17)19-8-4-12-27-19;22-15-8-5-14(6-9-15)18(25-21-17(26)4-2-12-24-21)16-10-7-13-3-1-11-23-19(13)20(16)27;23-16-7-3-5-15(13-16)19(22-11-1-2-12-22)17-9-8-14-6-4-10-21-18(14)20(17)24/h2-11,14-16,24-25H,12-13H2,1H3,(H,27,30);6-14,22,28H,3-4H2,1-2,5H3,(H,25,27);1-14H;1-12,18,26-27H,(H,24,25);3-10,13,19,23-24H,1-2,11-12H2. The van der Waals surface area contributed by atoms with E-state index >= 15 is 0 Å². The molecule has 5 unspecified atom stereocenters. The Morgan fingerprint density at radius 3 is 1.68 bits per heavy atom. The molecule has 1 amide bonds. The summed E-state index contributed by atoms with van der Waals surface area (Å²) in [6.07, 6.45) is 19.7. The second-order valence-corrected chi connectivity index (χ2v) is 33.4. The van der Waals surface area contributed by atoms with E-state index in [-0.39, 0.29) is 70.2 Å². The number of aryl methyl sites for hydroxylation is 2. The first kappa shape index (κ1) is 94.0. The van der Waals surface area contributed by atoms with Crippen LogP contribution >= 0.6 is 0 Å². The van der Waals surface area contributed by atoms with Gasteiger partial charge in [-0.1, -0.05) is 158 Å². The van der Waals surface area contributed by atoms with E-state index in [0.29, 0.717) is 113 Å². The Hall–Kier alpha value is -17.8. The van der Waals surface area contributed by atoms with Crippen LogP contribution in [0.3, 0.4) is 0 Å². The molecule has 1 fully saturated rings. The third kappa shape index (κ3) is 22.1. The molecule has 0 bridgehead atoms. The number of allylic oxidation sites excluding steroid dienone is 1. The summed E-state index contributed by atoms with van der Waals surface area (Å²) in [7, 11) is 1.58. The highest BCUT2D eigenvalue weighted by Crippen LogP contribution is 2.44. The molecule has 140 heavy (non-hydrogen) atoms. The summed E-state index contributed by atoms with van der Waals surface area (Å²) in [6.45, 7) is 16.6. The molecule has 8 N–H and O–H groups in total. The maximum atomic E-state index is 13.4. The lowest BCUT2D eigenvalue weighted by Crippen LogP contribution is -2.34. The number of rotatable bonds is 24. The monoisotopic (exact) mass is 1860 g/mol. The van der Waals surface area contributed by atoms with Crippen molar-refractivity contribution in [3.8, 4) is 51.7 Å². The Bertz CT molecular complexity index is 7780. The Morgan fingerprint density at radius 1 is 0.500 bits per heavy atom. The summed E-state index contributed by atoms with van der Waals surface area (Å²) in [6, 6.07) is 84.1. The maximum absolute atomic E-state index is 13.4. The molecule has 10 aromatic heterocycles. The van der Waals surface area contributed by atoms with Crippen molar-refractivity contribution in [2.75, 3.05) is 37.4 Å². The van der Waals surface area contributed by atoms with Crippen molar-refractivity contribution in [1.82, 2.24) is 45.1 Å². The first-order chi connectivity index (χ1) is 68.2. The molecule has 9 aromatic carbocycles. The number of hydrogen-bond acceptors (Lipinski definition) is 24. The molecular weight excluding hydrogens is 1760 g/mol. The summed E-state index contributed by atoms with van der Waals surface area (Å²) < 4.78 is 40.9. The summed E-state index contributed by atoms with van der Waals surface area (Å²) in [5, 5.41) is 66.1. The molecule has 21 rings (SSSR count). The Morgan fingerprint density at radius 2 is 1.08 bits per heavy atom. The lowest BCUT2D eigenvalue weighted by Gasteiger charge is -2.29. The van der Waals surface area contributed by atoms with Gasteiger partial charge in [-0.3, -0.25) is 39.4 Å². The Balaban J connectivity index is 0.000000121. The van der Waals surface area contributed by atoms with Crippen LogP contribution in [0.25, 0.3) is 66.7 Å². The number of aromatic hydroxyl groups is 5. The number of fused-ring (bicyclic) bond motifs is 5. The van der Waals surface area contributed by atoms with Crippen LogP contribution in [0.15, 0.2) is 405 Å². The number of furan rings is 4. The molecule has 0 aliphatic carbocycles. The first-order valence-electron chi connectivity index (χ1n) is 45.4. The van der Waals surface area contributed by atoms with E-state index in [1.165, 1.54) is 29.3 Å². The van der Waals surface area contributed by atoms with Crippen molar-refractivity contribution in [3.63, 3.8) is 0 Å². The number of halogens is 1. The Labute approximate surface area is 805 Å². The van der Waals surface area contributed by atoms with Gasteiger partial charge in [0.15, 0.2) is 28.9 Å². The summed E-state index contributed by atoms with van der Waals surface area (Å²) in [4.78, 5) is 68.5. The maximum Gasteiger partial charge on any atom is 0.251 e. The zero-order valence-electron chi connectivity index (χ0n) is 76.9. The van der Waals surface area contributed by atoms with Gasteiger partial charge in [0.1, 0.15) is 91.9 Å². The molecule has 2 aliphatic heterocycles. The van der Waals surface area contributed by atoms with Crippen LogP contribution in [0, 0.1) is 19.7 Å². The van der Waals surface area contributed by atoms with E-state index < -0.39 is 12.1 Å². The number of benzene rings is 9. The zero-order valence-corrected chi connectivity index (χ0v) is 76.9. The fourth-order valence-corrected chi connectivity index (χ4v) is 16.8. The lowest BCUT2D eigenvalue weighted by molar-refractivity contribution is 0.0953. The number of ketones is 1. The van der Waals surface area contributed by atoms with Gasteiger partial charge in [-0.15, -0.1) is 0 Å². The number of phenols is 4. The molecule has 1 saturated heterocycles. The van der Waals surface area contributed by atoms with Crippen LogP contribution in [-0.2, 0) is 11.2 Å². The number of methoxy groups -OCH3 is 1. The van der Waals surface area contributed by atoms with Gasteiger partial charge in [-0.2, -0.15) is 0 Å². The number of ether oxygens (including phenoxy) is 1. The predicted octanol–water partition coefficient (Wildman–Crippen LogP) is 22.9. The number of aromatic nitrogens is 7. The van der Waals surface area contributed by atoms with Gasteiger partial charge in [0.2, 0.25) is 0 Å². The van der Waals surface area contributed by atoms with Crippen molar-refractivity contribution in [2.45, 2.75) is 70.2 Å². The highest BCUT2D eigenvalue weighted by atomic mass is 19.1. The smallest absolute Gasteiger partial charge is 0.251 e. The number of carbonyl (C=O) groups is 2. The zero-order chi connectivity index (χ0) is 97.1. The molecular formula is C114H98FN13O12. The fraction of sp³-hybridized carbons (Fsp3) is 0.132. The molecule has 0 spiro atoms. The van der Waals surface area contributed by atoms with Gasteiger partial charge in [-0.25, -0.2) is 24.3 Å². The summed E-state index contributed by atoms with van der Waals surface area (Å²) >= 11 is 0. The quantitative estimate of drug-likeness (QED) is 0.0158. The fourth-order valence-electron chi connectivity index (χ4n) is 16.8. The highest BCUT2D eigenvalue weighted by Gasteiger charge is 2.33. The third-order valence-corrected chi connectivity index (χ3v) is 23.9. The number of phenolic OH excluding ortho intramolecular Hbond substituents is 4. The van der Waals surface area contributed by atoms with Crippen molar-refractivity contribution >= 4 is 67.1 Å². The molecule has 12 heterocycles. The van der Waals surface area contributed by atoms with E-state index in [0.717, 1.165) is 87.5 Å². The van der Waals surface area contributed by atoms with Crippen molar-refractivity contribution in [1.29, 1.82) is 0 Å². The van der Waals surface area contributed by atoms with Crippen molar-refractivity contribution < 1.29 is 61.9 Å². The molecule has 26 heteroatoms. The molecule has 5 atom stereocenters. The average Bonchev–Trinajstić information content (AvgIpc) is 1.44. The molecule has 698 valence electrons. The van der Waals surface area contributed by atoms with Crippen molar-refractivity contribution in [3.05, 3.63) is 467 Å². The topological polar surface area (TPSA) is 351 Å². The molecule has 0 radical (unpaired) electrons. The average molecular weight is 1860 g/mol. The minimum Gasteiger partial charge on any atom is -0.508 e. The van der Waals surface area contributed by atoms with Gasteiger partial charge in [0.05, 0.1) is 72.0 Å². The van der Waals surface area contributed by atoms with E-state index in [1.54, 1.807) is 160 Å². The van der Waals surface area contributed by atoms with Gasteiger partial charge in [0.25, 0.3) is 5.91 Å². The van der Waals surface area contributed by atoms with Gasteiger partial charge < -0.3 is 63.9 Å². The minimum absolute atomic E-state index is 0.0188. The first-order valence-corrected chi connectivity index (χ1v) is 45.4. The van der Waals surface area contributed by atoms with Crippen LogP contribution in [-0.4, -0.2) is 104 Å². The largest absolute Gasteiger partial charge is 0.508 e. The van der Waals surface area contributed by atoms with E-state index in [1.807, 2.05) is 166 Å². The lowest BCUT2D eigenvalue weighted by atomic mass is 9.95. The van der Waals surface area contributed by atoms with Crippen LogP contribution in [0.4, 0.5) is 16.0 Å². The number of pyridine rings is 5. The number of nitrogens with one attached hydrogen (secondary N) is 3. The number of nitrogens with zero attached hydrogens (tertiary/aromatic N) is 10. The van der Waals surface area contributed by atoms with Crippen LogP contribution in [0.1, 0.15) is 132 Å². The number of hydrogen-bond donors (Lipinski definition) is 8. The van der Waals surface area contributed by atoms with E-state index in [4.69, 9.17) is 42.4 Å². The second-order valence-electron chi connectivity index (χ2n) is 33.4. The number of anilines is 2. The number of likely N-dealkylation sites (tertiary alicyclic amines) is 1. The predicted molar refractivity (Wildman–Crippen MR) is 537 cm³/mol. The molecule has 2 aliphatic rings. The molecule has 19 aromatic rings. The van der Waals surface area contributed by atoms with Crippen LogP contribution in [0.5, 0.6) is 28.7 Å². The van der Waals surface area contributed by atoms with E-state index in [2.05, 4.69) is 90.1 Å². The Kier molecular flexibility index (Phi) is 29.3. The minimum atomic E-state index is -0.571. The van der Waals surface area contributed by atoms with Gasteiger partial charge >= 0.3 is 0 Å². The number of carbonyl (C=O) groups excluding carboxylic acids is 2. The van der Waals surface area contributed by atoms with Gasteiger partial charge in [-0.05, 0) is 238 Å². The third-order valence-electron chi connectivity index (χ3n) is 23.9. The van der Waals surface area contributed by atoms with E-state index in [9.17, 15) is 39.5 Å². The van der Waals surface area contributed by atoms with Crippen LogP contribution in [0.2, 0.25) is 0 Å². The van der Waals surface area contributed by atoms with Gasteiger partial charge in [0, 0.05) is 87.1 Å². The summed E-state index contributed by atoms with van der Waals surface area (Å²) in [5.41, 5.74) is 14.6. The molecule has 25 nitrogen and oxygen atoms in total. The SMILES string of the molecule is C=C(OC)C(C)=CC(=C)C(Nc1cc(C)ccn1)c1ccc2cccnc2c1O.Cc1ccc(CCNC(=O)c2ccc3c(c2)=NC(c2ccco2)C(c2ccco2)N=3)cc1.O=C(c1ccccc1)c1ccc2nc(-c3ccco3)c(-c3ccco3)nc2c1.Oc1cccc(C(c2ccc3cccnc3c2O)N2CCCC2)c1.Oc1cccnc1NC(c1ccc(F)cc1)c1ccc2cccnc2c1O.